The van der Waals surface area contributed by atoms with Crippen LogP contribution in [-0.2, 0) is 4.79 Å². The quantitative estimate of drug-likeness (QED) is 0.886. The van der Waals surface area contributed by atoms with Crippen LogP contribution in [0.15, 0.2) is 24.3 Å². The van der Waals surface area contributed by atoms with E-state index in [0.717, 1.165) is 38.2 Å². The van der Waals surface area contributed by atoms with Gasteiger partial charge in [0.15, 0.2) is 0 Å². The normalized spacial score (nSPS) is 24.2. The molecule has 0 aromatic heterocycles. The molecule has 2 fully saturated rings. The van der Waals surface area contributed by atoms with E-state index >= 15 is 0 Å². The predicted octanol–water partition coefficient (Wildman–Crippen LogP) is 1.96. The molecule has 2 aliphatic rings. The second-order valence-corrected chi connectivity index (χ2v) is 6.25. The van der Waals surface area contributed by atoms with Crippen LogP contribution in [0.3, 0.4) is 0 Å². The number of halogens is 1. The van der Waals surface area contributed by atoms with Crippen LogP contribution in [0, 0.1) is 5.92 Å². The minimum Gasteiger partial charge on any atom is -0.348 e. The Bertz CT molecular complexity index is 561. The first-order valence-corrected chi connectivity index (χ1v) is 8.07. The summed E-state index contributed by atoms with van der Waals surface area (Å²) in [5.41, 5.74) is 1.53. The zero-order valence-electron chi connectivity index (χ0n) is 13.4. The summed E-state index contributed by atoms with van der Waals surface area (Å²) in [4.78, 5) is 25.9. The highest BCUT2D eigenvalue weighted by molar-refractivity contribution is 5.97. The lowest BCUT2D eigenvalue weighted by atomic mass is 9.94. The molecule has 0 saturated carbocycles. The maximum Gasteiger partial charge on any atom is 0.251 e. The first kappa shape index (κ1) is 17.8. The number of benzene rings is 1. The van der Waals surface area contributed by atoms with Crippen LogP contribution in [0.25, 0.3) is 0 Å². The lowest BCUT2D eigenvalue weighted by Crippen LogP contribution is -2.50. The molecule has 1 aromatic rings. The average Bonchev–Trinajstić information content (AvgIpc) is 2.96. The molecule has 1 aromatic carbocycles. The number of hydrogen-bond acceptors (Lipinski definition) is 3. The fourth-order valence-electron chi connectivity index (χ4n) is 3.15. The van der Waals surface area contributed by atoms with Gasteiger partial charge in [-0.2, -0.15) is 0 Å². The third-order valence-corrected chi connectivity index (χ3v) is 4.66. The van der Waals surface area contributed by atoms with Crippen molar-refractivity contribution >= 4 is 29.9 Å². The van der Waals surface area contributed by atoms with Gasteiger partial charge in [0.05, 0.1) is 0 Å². The van der Waals surface area contributed by atoms with Gasteiger partial charge in [0, 0.05) is 36.8 Å². The number of piperidine rings is 1. The van der Waals surface area contributed by atoms with E-state index in [1.807, 2.05) is 12.1 Å². The molecule has 3 rings (SSSR count). The molecule has 6 heteroatoms. The van der Waals surface area contributed by atoms with Gasteiger partial charge in [-0.25, -0.2) is 0 Å². The molecule has 0 spiro atoms. The van der Waals surface area contributed by atoms with Crippen LogP contribution in [-0.4, -0.2) is 37.5 Å². The van der Waals surface area contributed by atoms with Crippen molar-refractivity contribution in [2.24, 2.45) is 5.92 Å². The van der Waals surface area contributed by atoms with Crippen LogP contribution >= 0.6 is 12.4 Å². The summed E-state index contributed by atoms with van der Waals surface area (Å²) in [6, 6.07) is 7.51. The standard InChI is InChI=1S/C17H23N3O2.ClH/c1-12-8-9-18-11-15(12)19-17(22)13-4-6-14(7-5-13)20-10-2-3-16(20)21;/h4-7,12,15,18H,2-3,8-11H2,1H3,(H,19,22);1H. The third-order valence-electron chi connectivity index (χ3n) is 4.66. The van der Waals surface area contributed by atoms with Gasteiger partial charge < -0.3 is 15.5 Å². The van der Waals surface area contributed by atoms with Gasteiger partial charge in [0.25, 0.3) is 5.91 Å². The highest BCUT2D eigenvalue weighted by atomic mass is 35.5. The maximum absolute atomic E-state index is 12.3. The second-order valence-electron chi connectivity index (χ2n) is 6.25. The molecule has 5 nitrogen and oxygen atoms in total. The van der Waals surface area contributed by atoms with Crippen molar-refractivity contribution in [3.63, 3.8) is 0 Å². The number of carbonyl (C=O) groups is 2. The summed E-state index contributed by atoms with van der Waals surface area (Å²) in [6.45, 7) is 4.79. The van der Waals surface area contributed by atoms with Crippen LogP contribution < -0.4 is 15.5 Å². The van der Waals surface area contributed by atoms with Gasteiger partial charge in [-0.1, -0.05) is 6.92 Å². The molecule has 2 aliphatic heterocycles. The number of anilines is 1. The maximum atomic E-state index is 12.3. The number of carbonyl (C=O) groups excluding carboxylic acids is 2. The number of nitrogens with one attached hydrogen (secondary N) is 2. The summed E-state index contributed by atoms with van der Waals surface area (Å²) in [7, 11) is 0. The zero-order valence-corrected chi connectivity index (χ0v) is 14.2. The topological polar surface area (TPSA) is 61.4 Å². The lowest BCUT2D eigenvalue weighted by molar-refractivity contribution is -0.117. The van der Waals surface area contributed by atoms with E-state index in [-0.39, 0.29) is 30.3 Å². The van der Waals surface area contributed by atoms with Gasteiger partial charge in [0.1, 0.15) is 0 Å². The Morgan fingerprint density at radius 3 is 2.65 bits per heavy atom. The largest absolute Gasteiger partial charge is 0.348 e. The van der Waals surface area contributed by atoms with E-state index in [2.05, 4.69) is 17.6 Å². The third kappa shape index (κ3) is 4.03. The number of nitrogens with zero attached hydrogens (tertiary/aromatic N) is 1. The Kier molecular flexibility index (Phi) is 6.02. The molecule has 2 unspecified atom stereocenters. The van der Waals surface area contributed by atoms with E-state index in [0.29, 0.717) is 17.9 Å². The fourth-order valence-corrected chi connectivity index (χ4v) is 3.15. The molecule has 2 N–H and O–H groups in total. The summed E-state index contributed by atoms with van der Waals surface area (Å²) < 4.78 is 0. The highest BCUT2D eigenvalue weighted by Crippen LogP contribution is 2.21. The number of amides is 2. The van der Waals surface area contributed by atoms with Gasteiger partial charge in [-0.3, -0.25) is 9.59 Å². The van der Waals surface area contributed by atoms with E-state index in [1.54, 1.807) is 17.0 Å². The molecule has 0 radical (unpaired) electrons. The van der Waals surface area contributed by atoms with Crippen molar-refractivity contribution in [1.29, 1.82) is 0 Å². The van der Waals surface area contributed by atoms with Crippen LogP contribution in [0.2, 0.25) is 0 Å². The van der Waals surface area contributed by atoms with Crippen molar-refractivity contribution in [3.8, 4) is 0 Å². The summed E-state index contributed by atoms with van der Waals surface area (Å²) >= 11 is 0. The Balaban J connectivity index is 0.00000192. The van der Waals surface area contributed by atoms with Gasteiger partial charge >= 0.3 is 0 Å². The van der Waals surface area contributed by atoms with E-state index in [9.17, 15) is 9.59 Å². The van der Waals surface area contributed by atoms with Crippen molar-refractivity contribution in [2.75, 3.05) is 24.5 Å². The predicted molar refractivity (Wildman–Crippen MR) is 93.2 cm³/mol. The summed E-state index contributed by atoms with van der Waals surface area (Å²) in [5.74, 6) is 0.617. The van der Waals surface area contributed by atoms with Crippen molar-refractivity contribution < 1.29 is 9.59 Å². The van der Waals surface area contributed by atoms with Crippen LogP contribution in [0.4, 0.5) is 5.69 Å². The lowest BCUT2D eigenvalue weighted by Gasteiger charge is -2.30. The zero-order chi connectivity index (χ0) is 15.5. The van der Waals surface area contributed by atoms with Gasteiger partial charge in [-0.15, -0.1) is 12.4 Å². The first-order chi connectivity index (χ1) is 10.6. The SMILES string of the molecule is CC1CCNCC1NC(=O)c1ccc(N2CCCC2=O)cc1.Cl. The molecule has 2 heterocycles. The van der Waals surface area contributed by atoms with Crippen LogP contribution in [0.1, 0.15) is 36.5 Å². The van der Waals surface area contributed by atoms with E-state index in [4.69, 9.17) is 0 Å². The molecular weight excluding hydrogens is 314 g/mol. The Morgan fingerprint density at radius 1 is 1.30 bits per heavy atom. The minimum atomic E-state index is -0.0418. The molecule has 126 valence electrons. The monoisotopic (exact) mass is 337 g/mol. The summed E-state index contributed by atoms with van der Waals surface area (Å²) in [6.07, 6.45) is 2.61. The van der Waals surface area contributed by atoms with E-state index in [1.165, 1.54) is 0 Å². The molecule has 2 atom stereocenters. The van der Waals surface area contributed by atoms with Crippen molar-refractivity contribution in [2.45, 2.75) is 32.2 Å². The van der Waals surface area contributed by atoms with Crippen molar-refractivity contribution in [1.82, 2.24) is 10.6 Å². The first-order valence-electron chi connectivity index (χ1n) is 8.07. The fraction of sp³-hybridized carbons (Fsp3) is 0.529. The molecule has 0 aliphatic carbocycles. The average molecular weight is 338 g/mol. The molecule has 2 saturated heterocycles. The number of hydrogen-bond donors (Lipinski definition) is 2. The smallest absolute Gasteiger partial charge is 0.251 e. The highest BCUT2D eigenvalue weighted by Gasteiger charge is 2.24. The van der Waals surface area contributed by atoms with E-state index < -0.39 is 0 Å². The minimum absolute atomic E-state index is 0. The second kappa shape index (κ2) is 7.79. The summed E-state index contributed by atoms with van der Waals surface area (Å²) in [5, 5.41) is 6.41. The number of rotatable bonds is 3. The Labute approximate surface area is 143 Å². The van der Waals surface area contributed by atoms with Gasteiger partial charge in [-0.05, 0) is 49.6 Å². The molecule has 23 heavy (non-hydrogen) atoms. The Hall–Kier alpha value is -1.59. The molecule has 2 amide bonds. The Morgan fingerprint density at radius 2 is 2.04 bits per heavy atom. The molecular formula is C17H24ClN3O2. The van der Waals surface area contributed by atoms with Crippen LogP contribution in [0.5, 0.6) is 0 Å². The van der Waals surface area contributed by atoms with Crippen molar-refractivity contribution in [3.05, 3.63) is 29.8 Å². The molecule has 0 bridgehead atoms. The van der Waals surface area contributed by atoms with Gasteiger partial charge in [0.2, 0.25) is 5.91 Å².